The Morgan fingerprint density at radius 1 is 0.833 bits per heavy atom. The highest BCUT2D eigenvalue weighted by molar-refractivity contribution is 5.32. The Bertz CT molecular complexity index is 489. The Morgan fingerprint density at radius 2 is 1.44 bits per heavy atom. The van der Waals surface area contributed by atoms with E-state index in [4.69, 9.17) is 9.47 Å². The molecule has 0 bridgehead atoms. The number of hydrogen-bond donors (Lipinski definition) is 0. The molecule has 2 nitrogen and oxygen atoms in total. The normalized spacial score (nSPS) is 10.1. The van der Waals surface area contributed by atoms with E-state index < -0.39 is 0 Å². The molecule has 0 radical (unpaired) electrons. The van der Waals surface area contributed by atoms with E-state index in [9.17, 15) is 0 Å². The molecule has 0 aliphatic carbocycles. The van der Waals surface area contributed by atoms with Gasteiger partial charge in [-0.3, -0.25) is 0 Å². The number of benzene rings is 2. The largest absolute Gasteiger partial charge is 0.494 e. The Kier molecular flexibility index (Phi) is 4.24. The van der Waals surface area contributed by atoms with Gasteiger partial charge >= 0.3 is 0 Å². The van der Waals surface area contributed by atoms with Gasteiger partial charge in [-0.15, -0.1) is 0 Å². The van der Waals surface area contributed by atoms with Crippen LogP contribution in [-0.2, 0) is 6.61 Å². The molecule has 0 saturated carbocycles. The van der Waals surface area contributed by atoms with Crippen molar-refractivity contribution in [1.82, 2.24) is 0 Å². The van der Waals surface area contributed by atoms with Gasteiger partial charge in [0.15, 0.2) is 0 Å². The maximum Gasteiger partial charge on any atom is 0.120 e. The van der Waals surface area contributed by atoms with Crippen LogP contribution in [0.1, 0.15) is 18.1 Å². The fourth-order valence-corrected chi connectivity index (χ4v) is 1.73. The lowest BCUT2D eigenvalue weighted by Gasteiger charge is -2.09. The fourth-order valence-electron chi connectivity index (χ4n) is 1.73. The molecule has 18 heavy (non-hydrogen) atoms. The number of hydrogen-bond acceptors (Lipinski definition) is 2. The summed E-state index contributed by atoms with van der Waals surface area (Å²) in [5.74, 6) is 1.74. The molecule has 0 aliphatic rings. The molecule has 0 saturated heterocycles. The zero-order valence-corrected chi connectivity index (χ0v) is 10.8. The molecule has 0 aliphatic heterocycles. The van der Waals surface area contributed by atoms with Gasteiger partial charge in [0.2, 0.25) is 0 Å². The number of rotatable bonds is 5. The van der Waals surface area contributed by atoms with E-state index in [1.165, 1.54) is 11.1 Å². The van der Waals surface area contributed by atoms with Crippen molar-refractivity contribution in [2.24, 2.45) is 0 Å². The monoisotopic (exact) mass is 242 g/mol. The predicted octanol–water partition coefficient (Wildman–Crippen LogP) is 3.97. The molecule has 2 heteroatoms. The third-order valence-electron chi connectivity index (χ3n) is 2.79. The van der Waals surface area contributed by atoms with Gasteiger partial charge in [0.1, 0.15) is 18.1 Å². The first-order valence-electron chi connectivity index (χ1n) is 6.19. The summed E-state index contributed by atoms with van der Waals surface area (Å²) >= 11 is 0. The van der Waals surface area contributed by atoms with Gasteiger partial charge in [0.05, 0.1) is 6.61 Å². The molecular weight excluding hydrogens is 224 g/mol. The first-order chi connectivity index (χ1) is 8.79. The van der Waals surface area contributed by atoms with Crippen LogP contribution in [0.3, 0.4) is 0 Å². The van der Waals surface area contributed by atoms with E-state index in [0.717, 1.165) is 11.5 Å². The van der Waals surface area contributed by atoms with Crippen LogP contribution >= 0.6 is 0 Å². The Hall–Kier alpha value is -1.96. The lowest BCUT2D eigenvalue weighted by Crippen LogP contribution is -1.97. The van der Waals surface area contributed by atoms with Gasteiger partial charge in [0.25, 0.3) is 0 Å². The molecule has 0 heterocycles. The predicted molar refractivity (Wildman–Crippen MR) is 73.1 cm³/mol. The van der Waals surface area contributed by atoms with Crippen LogP contribution in [0, 0.1) is 6.92 Å². The van der Waals surface area contributed by atoms with Gasteiger partial charge in [-0.2, -0.15) is 0 Å². The number of ether oxygens (including phenoxy) is 2. The average Bonchev–Trinajstić information content (AvgIpc) is 2.40. The lowest BCUT2D eigenvalue weighted by atomic mass is 10.1. The third kappa shape index (κ3) is 3.27. The van der Waals surface area contributed by atoms with Crippen molar-refractivity contribution in [2.45, 2.75) is 20.5 Å². The topological polar surface area (TPSA) is 18.5 Å². The summed E-state index contributed by atoms with van der Waals surface area (Å²) in [4.78, 5) is 0. The van der Waals surface area contributed by atoms with E-state index in [0.29, 0.717) is 13.2 Å². The zero-order chi connectivity index (χ0) is 12.8. The second kappa shape index (κ2) is 6.10. The van der Waals surface area contributed by atoms with E-state index in [1.807, 2.05) is 43.3 Å². The van der Waals surface area contributed by atoms with Gasteiger partial charge < -0.3 is 9.47 Å². The maximum atomic E-state index is 5.75. The van der Waals surface area contributed by atoms with E-state index >= 15 is 0 Å². The van der Waals surface area contributed by atoms with Crippen LogP contribution in [0.15, 0.2) is 48.5 Å². The van der Waals surface area contributed by atoms with Crippen molar-refractivity contribution in [3.63, 3.8) is 0 Å². The molecule has 0 unspecified atom stereocenters. The van der Waals surface area contributed by atoms with Crippen LogP contribution in [-0.4, -0.2) is 6.61 Å². The summed E-state index contributed by atoms with van der Waals surface area (Å²) in [6, 6.07) is 16.0. The minimum Gasteiger partial charge on any atom is -0.494 e. The zero-order valence-electron chi connectivity index (χ0n) is 10.8. The SMILES string of the molecule is CCOc1ccc(OCc2ccccc2C)cc1. The van der Waals surface area contributed by atoms with Crippen LogP contribution < -0.4 is 9.47 Å². The molecule has 0 fully saturated rings. The minimum absolute atomic E-state index is 0.598. The standard InChI is InChI=1S/C16H18O2/c1-3-17-15-8-10-16(11-9-15)18-12-14-7-5-4-6-13(14)2/h4-11H,3,12H2,1-2H3. The Balaban J connectivity index is 1.96. The smallest absolute Gasteiger partial charge is 0.120 e. The molecule has 2 aromatic rings. The van der Waals surface area contributed by atoms with Gasteiger partial charge in [-0.25, -0.2) is 0 Å². The van der Waals surface area contributed by atoms with Crippen LogP contribution in [0.25, 0.3) is 0 Å². The molecule has 2 rings (SSSR count). The summed E-state index contributed by atoms with van der Waals surface area (Å²) in [7, 11) is 0. The Morgan fingerprint density at radius 3 is 2.06 bits per heavy atom. The maximum absolute atomic E-state index is 5.75. The van der Waals surface area contributed by atoms with Gasteiger partial charge in [-0.05, 0) is 49.2 Å². The minimum atomic E-state index is 0.598. The van der Waals surface area contributed by atoms with Crippen LogP contribution in [0.5, 0.6) is 11.5 Å². The summed E-state index contributed by atoms with van der Waals surface area (Å²) in [6.45, 7) is 5.35. The highest BCUT2D eigenvalue weighted by atomic mass is 16.5. The molecule has 0 atom stereocenters. The first kappa shape index (κ1) is 12.5. The highest BCUT2D eigenvalue weighted by Crippen LogP contribution is 2.19. The first-order valence-corrected chi connectivity index (χ1v) is 6.19. The van der Waals surface area contributed by atoms with E-state index in [1.54, 1.807) is 0 Å². The molecule has 0 amide bonds. The van der Waals surface area contributed by atoms with Crippen molar-refractivity contribution in [1.29, 1.82) is 0 Å². The second-order valence-corrected chi connectivity index (χ2v) is 4.12. The van der Waals surface area contributed by atoms with Gasteiger partial charge in [0, 0.05) is 0 Å². The molecule has 0 N–H and O–H groups in total. The molecule has 94 valence electrons. The summed E-state index contributed by atoms with van der Waals surface area (Å²) in [5.41, 5.74) is 2.47. The summed E-state index contributed by atoms with van der Waals surface area (Å²) in [5, 5.41) is 0. The van der Waals surface area contributed by atoms with E-state index in [-0.39, 0.29) is 0 Å². The number of aryl methyl sites for hydroxylation is 1. The highest BCUT2D eigenvalue weighted by Gasteiger charge is 1.99. The lowest BCUT2D eigenvalue weighted by molar-refractivity contribution is 0.303. The summed E-state index contributed by atoms with van der Waals surface area (Å²) in [6.07, 6.45) is 0. The molecule has 0 spiro atoms. The van der Waals surface area contributed by atoms with Crippen molar-refractivity contribution < 1.29 is 9.47 Å². The third-order valence-corrected chi connectivity index (χ3v) is 2.79. The average molecular weight is 242 g/mol. The van der Waals surface area contributed by atoms with Crippen LogP contribution in [0.2, 0.25) is 0 Å². The van der Waals surface area contributed by atoms with Gasteiger partial charge in [-0.1, -0.05) is 24.3 Å². The second-order valence-electron chi connectivity index (χ2n) is 4.12. The Labute approximate surface area is 108 Å². The van der Waals surface area contributed by atoms with E-state index in [2.05, 4.69) is 19.1 Å². The van der Waals surface area contributed by atoms with Crippen molar-refractivity contribution >= 4 is 0 Å². The van der Waals surface area contributed by atoms with Crippen molar-refractivity contribution in [3.05, 3.63) is 59.7 Å². The fraction of sp³-hybridized carbons (Fsp3) is 0.250. The van der Waals surface area contributed by atoms with Crippen LogP contribution in [0.4, 0.5) is 0 Å². The quantitative estimate of drug-likeness (QED) is 0.789. The summed E-state index contributed by atoms with van der Waals surface area (Å²) < 4.78 is 11.1. The molecule has 2 aromatic carbocycles. The molecule has 0 aromatic heterocycles. The van der Waals surface area contributed by atoms with Crippen molar-refractivity contribution in [3.8, 4) is 11.5 Å². The molecular formula is C16H18O2. The van der Waals surface area contributed by atoms with Crippen molar-refractivity contribution in [2.75, 3.05) is 6.61 Å².